The summed E-state index contributed by atoms with van der Waals surface area (Å²) in [5.41, 5.74) is 2.00. The summed E-state index contributed by atoms with van der Waals surface area (Å²) >= 11 is 3.84. The molecule has 1 amide bonds. The van der Waals surface area contributed by atoms with Crippen molar-refractivity contribution in [2.45, 2.75) is 24.5 Å². The number of benzene rings is 1. The van der Waals surface area contributed by atoms with Gasteiger partial charge in [0.15, 0.2) is 0 Å². The molecule has 0 atom stereocenters. The Balaban J connectivity index is 1.57. The van der Waals surface area contributed by atoms with Gasteiger partial charge in [-0.2, -0.15) is 0 Å². The van der Waals surface area contributed by atoms with Crippen molar-refractivity contribution in [1.29, 1.82) is 0 Å². The fourth-order valence-corrected chi connectivity index (χ4v) is 5.40. The van der Waals surface area contributed by atoms with Gasteiger partial charge >= 0.3 is 5.82 Å². The minimum absolute atomic E-state index is 0.125. The summed E-state index contributed by atoms with van der Waals surface area (Å²) in [7, 11) is 0. The van der Waals surface area contributed by atoms with E-state index >= 15 is 0 Å². The zero-order valence-electron chi connectivity index (χ0n) is 13.7. The van der Waals surface area contributed by atoms with Crippen LogP contribution in [0.2, 0.25) is 0 Å². The van der Waals surface area contributed by atoms with Gasteiger partial charge in [0.1, 0.15) is 6.20 Å². The molecule has 0 spiro atoms. The highest BCUT2D eigenvalue weighted by atomic mass is 32.2. The molecule has 1 fully saturated rings. The lowest BCUT2D eigenvalue weighted by atomic mass is 10.2. The van der Waals surface area contributed by atoms with Crippen molar-refractivity contribution < 1.29 is 9.72 Å². The minimum atomic E-state index is -0.534. The molecule has 0 saturated carbocycles. The van der Waals surface area contributed by atoms with Gasteiger partial charge in [-0.15, -0.1) is 23.5 Å². The molecule has 0 aliphatic carbocycles. The Kier molecular flexibility index (Phi) is 5.64. The Morgan fingerprint density at radius 3 is 2.88 bits per heavy atom. The topological polar surface area (TPSA) is 90.1 Å². The first-order valence-electron chi connectivity index (χ1n) is 7.84. The van der Waals surface area contributed by atoms with E-state index in [1.54, 1.807) is 11.5 Å². The maximum absolute atomic E-state index is 12.2. The lowest BCUT2D eigenvalue weighted by molar-refractivity contribution is -0.389. The Bertz CT molecular complexity index is 787. The fourth-order valence-electron chi connectivity index (χ4n) is 2.57. The largest absolute Gasteiger partial charge is 0.381 e. The number of nitrogens with zero attached hydrogens (tertiary/aromatic N) is 3. The maximum atomic E-state index is 12.2. The number of amides is 1. The molecule has 1 N–H and O–H groups in total. The highest BCUT2D eigenvalue weighted by molar-refractivity contribution is 8.19. The molecule has 1 aromatic carbocycles. The average molecular weight is 378 g/mol. The summed E-state index contributed by atoms with van der Waals surface area (Å²) in [6.07, 6.45) is 1.59. The first kappa shape index (κ1) is 17.8. The first-order chi connectivity index (χ1) is 12.0. The van der Waals surface area contributed by atoms with Gasteiger partial charge < -0.3 is 20.0 Å². The molecule has 25 heavy (non-hydrogen) atoms. The molecule has 1 aliphatic heterocycles. The number of hydrogen-bond donors (Lipinski definition) is 1. The van der Waals surface area contributed by atoms with E-state index in [1.807, 2.05) is 41.7 Å². The number of aromatic nitrogens is 2. The third-order valence-corrected chi connectivity index (χ3v) is 6.90. The highest BCUT2D eigenvalue weighted by Gasteiger charge is 2.19. The van der Waals surface area contributed by atoms with Crippen LogP contribution >= 0.6 is 23.5 Å². The Labute approximate surface area is 153 Å². The third kappa shape index (κ3) is 4.55. The van der Waals surface area contributed by atoms with E-state index in [1.165, 1.54) is 11.8 Å². The van der Waals surface area contributed by atoms with Gasteiger partial charge in [0.25, 0.3) is 0 Å². The van der Waals surface area contributed by atoms with Crippen LogP contribution in [-0.2, 0) is 11.3 Å². The van der Waals surface area contributed by atoms with Crippen molar-refractivity contribution in [2.24, 2.45) is 0 Å². The molecule has 1 saturated heterocycles. The quantitative estimate of drug-likeness (QED) is 0.610. The molecule has 0 unspecified atom stereocenters. The highest BCUT2D eigenvalue weighted by Crippen LogP contribution is 2.45. The van der Waals surface area contributed by atoms with E-state index in [-0.39, 0.29) is 18.1 Å². The van der Waals surface area contributed by atoms with E-state index in [9.17, 15) is 14.9 Å². The molecular weight excluding hydrogens is 360 g/mol. The van der Waals surface area contributed by atoms with Crippen molar-refractivity contribution >= 4 is 40.9 Å². The molecule has 132 valence electrons. The summed E-state index contributed by atoms with van der Waals surface area (Å²) in [4.78, 5) is 26.2. The van der Waals surface area contributed by atoms with Gasteiger partial charge in [0, 0.05) is 37.1 Å². The number of nitro groups is 1. The van der Waals surface area contributed by atoms with Crippen molar-refractivity contribution in [2.75, 3.05) is 16.8 Å². The summed E-state index contributed by atoms with van der Waals surface area (Å²) < 4.78 is 2.06. The number of imidazole rings is 1. The number of hydrogen-bond acceptors (Lipinski definition) is 6. The van der Waals surface area contributed by atoms with E-state index in [2.05, 4.69) is 16.4 Å². The van der Waals surface area contributed by atoms with Gasteiger partial charge in [-0.25, -0.2) is 0 Å². The molecule has 2 aromatic rings. The summed E-state index contributed by atoms with van der Waals surface area (Å²) in [6, 6.07) is 7.92. The van der Waals surface area contributed by atoms with Crippen LogP contribution in [0.1, 0.15) is 22.4 Å². The van der Waals surface area contributed by atoms with Gasteiger partial charge in [0.2, 0.25) is 11.7 Å². The summed E-state index contributed by atoms with van der Waals surface area (Å²) in [5, 5.41) is 13.6. The second kappa shape index (κ2) is 7.92. The first-order valence-corrected chi connectivity index (χ1v) is 9.94. The molecule has 9 heteroatoms. The fraction of sp³-hybridized carbons (Fsp3) is 0.375. The average Bonchev–Trinajstić information content (AvgIpc) is 3.23. The Hall–Kier alpha value is -2.00. The van der Waals surface area contributed by atoms with E-state index in [4.69, 9.17) is 0 Å². The molecule has 1 aliphatic rings. The number of rotatable bonds is 6. The predicted molar refractivity (Wildman–Crippen MR) is 101 cm³/mol. The molecule has 0 bridgehead atoms. The molecule has 7 nitrogen and oxygen atoms in total. The van der Waals surface area contributed by atoms with E-state index < -0.39 is 4.92 Å². The number of anilines is 1. The number of carbonyl (C=O) groups is 1. The third-order valence-electron chi connectivity index (χ3n) is 3.79. The van der Waals surface area contributed by atoms with Crippen LogP contribution in [0.4, 0.5) is 11.5 Å². The Morgan fingerprint density at radius 2 is 2.20 bits per heavy atom. The van der Waals surface area contributed by atoms with Crippen LogP contribution in [0.3, 0.4) is 0 Å². The van der Waals surface area contributed by atoms with Crippen LogP contribution in [-0.4, -0.2) is 31.9 Å². The van der Waals surface area contributed by atoms with Crippen molar-refractivity contribution in [3.8, 4) is 0 Å². The number of aryl methyl sites for hydroxylation is 2. The van der Waals surface area contributed by atoms with Crippen LogP contribution in [0.25, 0.3) is 0 Å². The van der Waals surface area contributed by atoms with Crippen molar-refractivity contribution in [3.05, 3.63) is 52.0 Å². The lowest BCUT2D eigenvalue weighted by Gasteiger charge is -2.11. The molecule has 2 heterocycles. The normalized spacial score (nSPS) is 14.6. The molecule has 0 radical (unpaired) electrons. The van der Waals surface area contributed by atoms with Crippen LogP contribution in [0, 0.1) is 17.0 Å². The number of nitrogens with one attached hydrogen (secondary N) is 1. The summed E-state index contributed by atoms with van der Waals surface area (Å²) in [6.45, 7) is 2.04. The van der Waals surface area contributed by atoms with Gasteiger partial charge in [-0.3, -0.25) is 4.79 Å². The van der Waals surface area contributed by atoms with Crippen molar-refractivity contribution in [1.82, 2.24) is 9.55 Å². The number of thioether (sulfide) groups is 2. The Morgan fingerprint density at radius 1 is 1.44 bits per heavy atom. The minimum Gasteiger partial charge on any atom is -0.358 e. The van der Waals surface area contributed by atoms with E-state index in [0.29, 0.717) is 17.0 Å². The maximum Gasteiger partial charge on any atom is 0.381 e. The zero-order chi connectivity index (χ0) is 17.8. The molecular formula is C16H18N4O3S2. The smallest absolute Gasteiger partial charge is 0.358 e. The van der Waals surface area contributed by atoms with E-state index in [0.717, 1.165) is 17.2 Å². The van der Waals surface area contributed by atoms with Crippen LogP contribution in [0.15, 0.2) is 30.5 Å². The standard InChI is InChI=1S/C16H18N4O3S2/c1-11-17-14(20(22)23)10-19(11)6-5-15(21)18-13-4-2-3-12(9-13)16-24-7-8-25-16/h2-4,9-10,16H,5-8H2,1H3,(H,18,21). The van der Waals surface area contributed by atoms with Gasteiger partial charge in [0.05, 0.1) is 4.58 Å². The zero-order valence-corrected chi connectivity index (χ0v) is 15.3. The van der Waals surface area contributed by atoms with Gasteiger partial charge in [-0.05, 0) is 27.6 Å². The van der Waals surface area contributed by atoms with Crippen LogP contribution in [0.5, 0.6) is 0 Å². The summed E-state index contributed by atoms with van der Waals surface area (Å²) in [5.74, 6) is 2.51. The predicted octanol–water partition coefficient (Wildman–Crippen LogP) is 3.61. The number of carbonyl (C=O) groups excluding carboxylic acids is 1. The van der Waals surface area contributed by atoms with Crippen LogP contribution < -0.4 is 5.32 Å². The lowest BCUT2D eigenvalue weighted by Crippen LogP contribution is -2.14. The SMILES string of the molecule is Cc1nc([N+](=O)[O-])cn1CCC(=O)Nc1cccc(C2SCCS2)c1. The second-order valence-electron chi connectivity index (χ2n) is 5.59. The van der Waals surface area contributed by atoms with Crippen molar-refractivity contribution in [3.63, 3.8) is 0 Å². The molecule has 1 aromatic heterocycles. The monoisotopic (exact) mass is 378 g/mol. The second-order valence-corrected chi connectivity index (χ2v) is 8.32. The van der Waals surface area contributed by atoms with Gasteiger partial charge in [-0.1, -0.05) is 12.1 Å². The molecule has 3 rings (SSSR count).